The second-order valence-electron chi connectivity index (χ2n) is 3.72. The summed E-state index contributed by atoms with van der Waals surface area (Å²) >= 11 is 3.15. The molecule has 1 heterocycles. The van der Waals surface area contributed by atoms with Crippen LogP contribution >= 0.6 is 23.1 Å². The Kier molecular flexibility index (Phi) is 3.42. The van der Waals surface area contributed by atoms with Crippen molar-refractivity contribution < 1.29 is 4.79 Å². The van der Waals surface area contributed by atoms with Gasteiger partial charge in [-0.25, -0.2) is 9.78 Å². The average Bonchev–Trinajstić information content (AvgIpc) is 2.83. The smallest absolute Gasteiger partial charge is 0.229 e. The van der Waals surface area contributed by atoms with Gasteiger partial charge in [0.1, 0.15) is 0 Å². The monoisotopic (exact) mass is 284 g/mol. The van der Waals surface area contributed by atoms with E-state index < -0.39 is 0 Å². The van der Waals surface area contributed by atoms with Gasteiger partial charge in [0, 0.05) is 4.90 Å². The van der Waals surface area contributed by atoms with Gasteiger partial charge in [-0.1, -0.05) is 36.0 Å². The summed E-state index contributed by atoms with van der Waals surface area (Å²) in [6, 6.07) is 15.5. The SMILES string of the molecule is O=C=Nc1ccccc1Sc1nc2ccccc2s1. The van der Waals surface area contributed by atoms with Gasteiger partial charge in [0.05, 0.1) is 15.9 Å². The fraction of sp³-hybridized carbons (Fsp3) is 0. The number of benzene rings is 2. The highest BCUT2D eigenvalue weighted by Crippen LogP contribution is 2.38. The first-order valence-electron chi connectivity index (χ1n) is 5.57. The number of para-hydroxylation sites is 2. The summed E-state index contributed by atoms with van der Waals surface area (Å²) in [5.74, 6) is 0. The number of hydrogen-bond acceptors (Lipinski definition) is 5. The fourth-order valence-electron chi connectivity index (χ4n) is 1.67. The lowest BCUT2D eigenvalue weighted by Gasteiger charge is -2.00. The molecule has 3 rings (SSSR count). The van der Waals surface area contributed by atoms with E-state index in [1.54, 1.807) is 23.5 Å². The van der Waals surface area contributed by atoms with E-state index in [1.807, 2.05) is 42.5 Å². The van der Waals surface area contributed by atoms with Crippen molar-refractivity contribution in [1.82, 2.24) is 4.98 Å². The predicted octanol–water partition coefficient (Wildman–Crippen LogP) is 4.41. The van der Waals surface area contributed by atoms with Gasteiger partial charge in [-0.2, -0.15) is 4.99 Å². The summed E-state index contributed by atoms with van der Waals surface area (Å²) in [4.78, 5) is 19.6. The number of isocyanates is 1. The molecular weight excluding hydrogens is 276 g/mol. The Bertz CT molecular complexity index is 743. The van der Waals surface area contributed by atoms with E-state index in [0.717, 1.165) is 19.5 Å². The lowest BCUT2D eigenvalue weighted by atomic mass is 10.3. The molecule has 0 saturated carbocycles. The van der Waals surface area contributed by atoms with Crippen molar-refractivity contribution in [2.45, 2.75) is 9.24 Å². The lowest BCUT2D eigenvalue weighted by Crippen LogP contribution is -1.74. The maximum Gasteiger partial charge on any atom is 0.240 e. The summed E-state index contributed by atoms with van der Waals surface area (Å²) < 4.78 is 2.09. The Morgan fingerprint density at radius 2 is 1.89 bits per heavy atom. The summed E-state index contributed by atoms with van der Waals surface area (Å²) in [7, 11) is 0. The molecule has 0 bridgehead atoms. The van der Waals surface area contributed by atoms with Gasteiger partial charge in [-0.3, -0.25) is 0 Å². The van der Waals surface area contributed by atoms with E-state index in [4.69, 9.17) is 0 Å². The topological polar surface area (TPSA) is 42.3 Å². The van der Waals surface area contributed by atoms with Gasteiger partial charge in [0.15, 0.2) is 4.34 Å². The molecule has 5 heteroatoms. The molecule has 19 heavy (non-hydrogen) atoms. The van der Waals surface area contributed by atoms with Crippen LogP contribution in [-0.2, 0) is 4.79 Å². The zero-order valence-corrected chi connectivity index (χ0v) is 11.4. The molecule has 0 fully saturated rings. The second kappa shape index (κ2) is 5.36. The molecule has 0 aliphatic rings. The first-order valence-corrected chi connectivity index (χ1v) is 7.20. The van der Waals surface area contributed by atoms with Crippen LogP contribution in [0.3, 0.4) is 0 Å². The summed E-state index contributed by atoms with van der Waals surface area (Å²) in [6.07, 6.45) is 1.58. The van der Waals surface area contributed by atoms with Crippen LogP contribution < -0.4 is 0 Å². The minimum atomic E-state index is 0.627. The molecule has 1 aromatic heterocycles. The van der Waals surface area contributed by atoms with Gasteiger partial charge in [-0.15, -0.1) is 11.3 Å². The maximum absolute atomic E-state index is 10.4. The van der Waals surface area contributed by atoms with E-state index in [1.165, 1.54) is 11.8 Å². The summed E-state index contributed by atoms with van der Waals surface area (Å²) in [6.45, 7) is 0. The molecule has 0 saturated heterocycles. The number of carbonyl (C=O) groups excluding carboxylic acids is 1. The molecule has 92 valence electrons. The zero-order valence-electron chi connectivity index (χ0n) is 9.74. The first-order chi connectivity index (χ1) is 9.36. The fourth-order valence-corrected chi connectivity index (χ4v) is 3.77. The third-order valence-corrected chi connectivity index (χ3v) is 4.66. The van der Waals surface area contributed by atoms with Gasteiger partial charge >= 0.3 is 0 Å². The molecule has 0 spiro atoms. The second-order valence-corrected chi connectivity index (χ2v) is 6.04. The van der Waals surface area contributed by atoms with Crippen LogP contribution in [0.25, 0.3) is 10.2 Å². The van der Waals surface area contributed by atoms with Crippen LogP contribution in [0.1, 0.15) is 0 Å². The van der Waals surface area contributed by atoms with Crippen molar-refractivity contribution >= 4 is 45.1 Å². The Hall–Kier alpha value is -1.94. The lowest BCUT2D eigenvalue weighted by molar-refractivity contribution is 0.565. The van der Waals surface area contributed by atoms with E-state index >= 15 is 0 Å². The van der Waals surface area contributed by atoms with Crippen molar-refractivity contribution in [2.75, 3.05) is 0 Å². The van der Waals surface area contributed by atoms with Crippen LogP contribution in [0.15, 0.2) is 62.8 Å². The number of aliphatic imine (C=N–C) groups is 1. The quantitative estimate of drug-likeness (QED) is 0.528. The Labute approximate surface area is 118 Å². The molecule has 0 radical (unpaired) electrons. The number of thiazole rings is 1. The van der Waals surface area contributed by atoms with Crippen LogP contribution in [0.2, 0.25) is 0 Å². The molecular formula is C14H8N2OS2. The van der Waals surface area contributed by atoms with Crippen molar-refractivity contribution in [2.24, 2.45) is 4.99 Å². The van der Waals surface area contributed by atoms with Crippen molar-refractivity contribution in [1.29, 1.82) is 0 Å². The van der Waals surface area contributed by atoms with Crippen molar-refractivity contribution in [3.63, 3.8) is 0 Å². The number of hydrogen-bond donors (Lipinski definition) is 0. The molecule has 3 aromatic rings. The van der Waals surface area contributed by atoms with Gasteiger partial charge in [0.25, 0.3) is 0 Å². The molecule has 0 unspecified atom stereocenters. The van der Waals surface area contributed by atoms with Gasteiger partial charge in [-0.05, 0) is 24.3 Å². The van der Waals surface area contributed by atoms with E-state index in [9.17, 15) is 4.79 Å². The maximum atomic E-state index is 10.4. The van der Waals surface area contributed by atoms with Crippen LogP contribution in [-0.4, -0.2) is 11.1 Å². The molecule has 0 N–H and O–H groups in total. The highest BCUT2D eigenvalue weighted by molar-refractivity contribution is 8.01. The highest BCUT2D eigenvalue weighted by Gasteiger charge is 2.08. The minimum Gasteiger partial charge on any atom is -0.229 e. The Morgan fingerprint density at radius 1 is 1.11 bits per heavy atom. The van der Waals surface area contributed by atoms with Crippen molar-refractivity contribution in [3.05, 3.63) is 48.5 Å². The molecule has 2 aromatic carbocycles. The van der Waals surface area contributed by atoms with Gasteiger partial charge in [0.2, 0.25) is 6.08 Å². The van der Waals surface area contributed by atoms with E-state index in [-0.39, 0.29) is 0 Å². The minimum absolute atomic E-state index is 0.627. The summed E-state index contributed by atoms with van der Waals surface area (Å²) in [5, 5.41) is 0. The molecule has 0 aliphatic carbocycles. The van der Waals surface area contributed by atoms with Crippen LogP contribution in [0.5, 0.6) is 0 Å². The Morgan fingerprint density at radius 3 is 2.74 bits per heavy atom. The third-order valence-electron chi connectivity index (χ3n) is 2.50. The van der Waals surface area contributed by atoms with Crippen LogP contribution in [0, 0.1) is 0 Å². The molecule has 3 nitrogen and oxygen atoms in total. The highest BCUT2D eigenvalue weighted by atomic mass is 32.2. The largest absolute Gasteiger partial charge is 0.240 e. The average molecular weight is 284 g/mol. The van der Waals surface area contributed by atoms with Crippen molar-refractivity contribution in [3.8, 4) is 0 Å². The predicted molar refractivity (Wildman–Crippen MR) is 78.0 cm³/mol. The molecule has 0 amide bonds. The number of rotatable bonds is 3. The van der Waals surface area contributed by atoms with E-state index in [0.29, 0.717) is 5.69 Å². The number of fused-ring (bicyclic) bond motifs is 1. The standard InChI is InChI=1S/C14H8N2OS2/c17-9-15-10-5-1-3-7-12(10)18-14-16-11-6-2-4-8-13(11)19-14/h1-8H. The number of aromatic nitrogens is 1. The first kappa shape index (κ1) is 12.1. The van der Waals surface area contributed by atoms with Crippen LogP contribution in [0.4, 0.5) is 5.69 Å². The van der Waals surface area contributed by atoms with Gasteiger partial charge < -0.3 is 0 Å². The normalized spacial score (nSPS) is 10.3. The zero-order chi connectivity index (χ0) is 13.1. The third kappa shape index (κ3) is 2.58. The van der Waals surface area contributed by atoms with E-state index in [2.05, 4.69) is 9.98 Å². The summed E-state index contributed by atoms with van der Waals surface area (Å²) in [5.41, 5.74) is 1.62. The number of nitrogens with zero attached hydrogens (tertiary/aromatic N) is 2. The molecule has 0 atom stereocenters. The molecule has 0 aliphatic heterocycles. The Balaban J connectivity index is 1.98.